The molecule has 0 aliphatic carbocycles. The highest BCUT2D eigenvalue weighted by Crippen LogP contribution is 2.36. The molecule has 4 aromatic rings. The van der Waals surface area contributed by atoms with E-state index in [2.05, 4.69) is 49.3 Å². The number of imide groups is 1. The Labute approximate surface area is 252 Å². The van der Waals surface area contributed by atoms with Crippen LogP contribution >= 0.6 is 0 Å². The topological polar surface area (TPSA) is 84.6 Å². The minimum Gasteiger partial charge on any atom is -0.494 e. The molecule has 0 bridgehead atoms. The van der Waals surface area contributed by atoms with E-state index in [4.69, 9.17) is 4.74 Å². The Hall–Kier alpha value is -4.21. The summed E-state index contributed by atoms with van der Waals surface area (Å²) in [4.78, 5) is 35.4. The van der Waals surface area contributed by atoms with Gasteiger partial charge in [-0.1, -0.05) is 30.3 Å². The Kier molecular flexibility index (Phi) is 8.72. The van der Waals surface area contributed by atoms with Crippen molar-refractivity contribution < 1.29 is 14.3 Å². The largest absolute Gasteiger partial charge is 0.494 e. The Bertz CT molecular complexity index is 1630. The predicted octanol–water partition coefficient (Wildman–Crippen LogP) is 4.21. The van der Waals surface area contributed by atoms with Crippen molar-refractivity contribution in [2.24, 2.45) is 0 Å². The summed E-state index contributed by atoms with van der Waals surface area (Å²) in [6.07, 6.45) is 8.74. The fraction of sp³-hybridized carbons (Fsp3) is 0.382. The molecule has 0 unspecified atom stereocenters. The Morgan fingerprint density at radius 3 is 2.35 bits per heavy atom. The van der Waals surface area contributed by atoms with Gasteiger partial charge in [0.25, 0.3) is 11.8 Å². The number of hydrogen-bond acceptors (Lipinski definition) is 6. The normalized spacial score (nSPS) is 16.4. The van der Waals surface area contributed by atoms with Gasteiger partial charge in [-0.25, -0.2) is 4.98 Å². The summed E-state index contributed by atoms with van der Waals surface area (Å²) < 4.78 is 10.3. The van der Waals surface area contributed by atoms with E-state index < -0.39 is 0 Å². The first-order valence-corrected chi connectivity index (χ1v) is 15.3. The van der Waals surface area contributed by atoms with Gasteiger partial charge in [0.05, 0.1) is 24.1 Å². The lowest BCUT2D eigenvalue weighted by Gasteiger charge is -2.32. The minimum atomic E-state index is -0.370. The van der Waals surface area contributed by atoms with Crippen molar-refractivity contribution in [2.75, 3.05) is 46.4 Å². The van der Waals surface area contributed by atoms with Crippen molar-refractivity contribution in [2.45, 2.75) is 39.3 Å². The molecule has 43 heavy (non-hydrogen) atoms. The fourth-order valence-electron chi connectivity index (χ4n) is 6.07. The first kappa shape index (κ1) is 28.9. The van der Waals surface area contributed by atoms with E-state index in [0.717, 1.165) is 93.0 Å². The summed E-state index contributed by atoms with van der Waals surface area (Å²) in [5.74, 6) is 0.0302. The smallest absolute Gasteiger partial charge is 0.259 e. The number of aromatic nitrogens is 3. The van der Waals surface area contributed by atoms with E-state index in [9.17, 15) is 9.59 Å². The van der Waals surface area contributed by atoms with E-state index in [1.165, 1.54) is 0 Å². The lowest BCUT2D eigenvalue weighted by Crippen LogP contribution is -2.44. The number of piperazine rings is 1. The molecular weight excluding hydrogens is 540 g/mol. The Balaban J connectivity index is 1.15. The van der Waals surface area contributed by atoms with E-state index in [-0.39, 0.29) is 11.8 Å². The van der Waals surface area contributed by atoms with Crippen LogP contribution in [0, 0.1) is 6.92 Å². The number of rotatable bonds is 12. The lowest BCUT2D eigenvalue weighted by atomic mass is 9.96. The maximum absolute atomic E-state index is 13.2. The summed E-state index contributed by atoms with van der Waals surface area (Å²) in [6.45, 7) is 9.99. The summed E-state index contributed by atoms with van der Waals surface area (Å²) in [6, 6.07) is 15.6. The molecule has 2 aliphatic heterocycles. The maximum atomic E-state index is 13.2. The average molecular weight is 581 g/mol. The second kappa shape index (κ2) is 13.0. The van der Waals surface area contributed by atoms with E-state index in [0.29, 0.717) is 23.3 Å². The molecule has 2 aromatic carbocycles. The number of likely N-dealkylation sites (N-methyl/N-ethyl adjacent to an activating group) is 1. The maximum Gasteiger partial charge on any atom is 0.259 e. The number of benzene rings is 2. The average Bonchev–Trinajstić information content (AvgIpc) is 3.68. The van der Waals surface area contributed by atoms with Crippen LogP contribution in [0.1, 0.15) is 36.1 Å². The number of amides is 2. The number of fused-ring (bicyclic) bond motifs is 1. The first-order chi connectivity index (χ1) is 21.0. The molecular formula is C34H40N6O3. The first-order valence-electron chi connectivity index (χ1n) is 15.3. The van der Waals surface area contributed by atoms with Gasteiger partial charge in [0.2, 0.25) is 0 Å². The summed E-state index contributed by atoms with van der Waals surface area (Å²) >= 11 is 0. The van der Waals surface area contributed by atoms with Crippen LogP contribution in [-0.4, -0.2) is 82.1 Å². The third-order valence-corrected chi connectivity index (χ3v) is 8.58. The van der Waals surface area contributed by atoms with E-state index in [1.54, 1.807) is 0 Å². The van der Waals surface area contributed by atoms with Gasteiger partial charge in [-0.05, 0) is 63.5 Å². The lowest BCUT2D eigenvalue weighted by molar-refractivity contribution is -0.122. The molecule has 1 fully saturated rings. The van der Waals surface area contributed by atoms with Crippen molar-refractivity contribution in [3.05, 3.63) is 84.1 Å². The highest BCUT2D eigenvalue weighted by molar-refractivity contribution is 6.50. The van der Waals surface area contributed by atoms with Crippen LogP contribution in [-0.2, 0) is 22.7 Å². The zero-order valence-electron chi connectivity index (χ0n) is 25.1. The van der Waals surface area contributed by atoms with Crippen LogP contribution in [0.4, 0.5) is 0 Å². The van der Waals surface area contributed by atoms with Crippen LogP contribution in [0.3, 0.4) is 0 Å². The molecule has 9 nitrogen and oxygen atoms in total. The molecule has 0 saturated carbocycles. The molecule has 0 atom stereocenters. The standard InChI is InChI=1S/C34H40N6O3/c1-25-22-35-24-40(25)16-7-15-39-23-29(28-8-3-4-9-30(28)39)32-31(33(41)36-34(32)42)26-10-12-27(13-11-26)43-21-6-5-14-38-19-17-37(2)18-20-38/h3-4,8-13,22-24H,5-7,14-21H2,1-2H3,(H,36,41,42). The molecule has 224 valence electrons. The highest BCUT2D eigenvalue weighted by atomic mass is 16.5. The van der Waals surface area contributed by atoms with Crippen molar-refractivity contribution in [1.29, 1.82) is 0 Å². The zero-order chi connectivity index (χ0) is 29.8. The van der Waals surface area contributed by atoms with E-state index in [1.807, 2.05) is 61.2 Å². The number of hydrogen-bond donors (Lipinski definition) is 1. The van der Waals surface area contributed by atoms with Gasteiger partial charge < -0.3 is 23.7 Å². The van der Waals surface area contributed by atoms with Gasteiger partial charge in [-0.2, -0.15) is 0 Å². The van der Waals surface area contributed by atoms with Gasteiger partial charge in [0.15, 0.2) is 0 Å². The number of aryl methyl sites for hydroxylation is 3. The van der Waals surface area contributed by atoms with Gasteiger partial charge >= 0.3 is 0 Å². The van der Waals surface area contributed by atoms with Gasteiger partial charge in [0, 0.05) is 73.8 Å². The molecule has 1 saturated heterocycles. The third kappa shape index (κ3) is 6.43. The van der Waals surface area contributed by atoms with Crippen molar-refractivity contribution in [3.8, 4) is 5.75 Å². The number of carbonyl (C=O) groups is 2. The zero-order valence-corrected chi connectivity index (χ0v) is 25.1. The van der Waals surface area contributed by atoms with Crippen molar-refractivity contribution in [3.63, 3.8) is 0 Å². The summed E-state index contributed by atoms with van der Waals surface area (Å²) in [7, 11) is 2.18. The number of unbranched alkanes of at least 4 members (excludes halogenated alkanes) is 1. The molecule has 9 heteroatoms. The molecule has 4 heterocycles. The van der Waals surface area contributed by atoms with Crippen LogP contribution in [0.15, 0.2) is 67.3 Å². The van der Waals surface area contributed by atoms with Crippen molar-refractivity contribution >= 4 is 33.9 Å². The second-order valence-electron chi connectivity index (χ2n) is 11.6. The predicted molar refractivity (Wildman–Crippen MR) is 169 cm³/mol. The van der Waals surface area contributed by atoms with Gasteiger partial charge in [0.1, 0.15) is 5.75 Å². The molecule has 2 aliphatic rings. The van der Waals surface area contributed by atoms with Crippen LogP contribution < -0.4 is 10.1 Å². The second-order valence-corrected chi connectivity index (χ2v) is 11.6. The fourth-order valence-corrected chi connectivity index (χ4v) is 6.07. The van der Waals surface area contributed by atoms with E-state index >= 15 is 0 Å². The van der Waals surface area contributed by atoms with Gasteiger partial charge in [-0.3, -0.25) is 14.9 Å². The molecule has 2 aromatic heterocycles. The molecule has 0 radical (unpaired) electrons. The van der Waals surface area contributed by atoms with Crippen LogP contribution in [0.5, 0.6) is 5.75 Å². The SMILES string of the molecule is Cc1cncn1CCCn1cc(C2=C(c3ccc(OCCCCN4CCN(C)CC4)cc3)C(=O)NC2=O)c2ccccc21. The third-order valence-electron chi connectivity index (χ3n) is 8.58. The number of ether oxygens (including phenoxy) is 1. The monoisotopic (exact) mass is 580 g/mol. The highest BCUT2D eigenvalue weighted by Gasteiger charge is 2.33. The molecule has 0 spiro atoms. The van der Waals surface area contributed by atoms with Crippen LogP contribution in [0.2, 0.25) is 0 Å². The minimum absolute atomic E-state index is 0.363. The molecule has 1 N–H and O–H groups in total. The summed E-state index contributed by atoms with van der Waals surface area (Å²) in [5, 5.41) is 3.49. The number of nitrogens with one attached hydrogen (secondary N) is 1. The Morgan fingerprint density at radius 1 is 0.837 bits per heavy atom. The number of para-hydroxylation sites is 1. The molecule has 2 amide bonds. The quantitative estimate of drug-likeness (QED) is 0.200. The van der Waals surface area contributed by atoms with Crippen LogP contribution in [0.25, 0.3) is 22.0 Å². The summed E-state index contributed by atoms with van der Waals surface area (Å²) in [5.41, 5.74) is 4.46. The number of imidazole rings is 1. The number of nitrogens with zero attached hydrogens (tertiary/aromatic N) is 5. The molecule has 6 rings (SSSR count). The Morgan fingerprint density at radius 2 is 1.58 bits per heavy atom. The van der Waals surface area contributed by atoms with Gasteiger partial charge in [-0.15, -0.1) is 0 Å². The number of carbonyl (C=O) groups excluding carboxylic acids is 2. The van der Waals surface area contributed by atoms with Crippen molar-refractivity contribution in [1.82, 2.24) is 29.2 Å².